The highest BCUT2D eigenvalue weighted by molar-refractivity contribution is 7.89. The Kier molecular flexibility index (Phi) is 4.54. The lowest BCUT2D eigenvalue weighted by atomic mass is 10.2. The molecule has 1 aliphatic heterocycles. The van der Waals surface area contributed by atoms with Gasteiger partial charge in [-0.25, -0.2) is 13.4 Å². The van der Waals surface area contributed by atoms with Gasteiger partial charge in [-0.05, 0) is 31.9 Å². The van der Waals surface area contributed by atoms with Gasteiger partial charge in [0.25, 0.3) is 0 Å². The number of rotatable bonds is 5. The van der Waals surface area contributed by atoms with Crippen molar-refractivity contribution in [2.24, 2.45) is 0 Å². The van der Waals surface area contributed by atoms with Crippen molar-refractivity contribution in [3.8, 4) is 0 Å². The predicted molar refractivity (Wildman–Crippen MR) is 99.3 cm³/mol. The van der Waals surface area contributed by atoms with Gasteiger partial charge >= 0.3 is 0 Å². The number of anilines is 1. The number of sulfonamides is 1. The molecular formula is C17H20N4O3S2. The van der Waals surface area contributed by atoms with Crippen molar-refractivity contribution in [3.63, 3.8) is 0 Å². The first kappa shape index (κ1) is 17.6. The Hall–Kier alpha value is -1.84. The number of aromatic nitrogens is 2. The fourth-order valence-electron chi connectivity index (χ4n) is 2.99. The summed E-state index contributed by atoms with van der Waals surface area (Å²) in [5.41, 5.74) is 0.511. The SMILES string of the molecule is CC(=O)c1ccc(S(=O)(=O)N2CCN(c3nc(C4CC4)ns3)CC2)cc1. The molecule has 26 heavy (non-hydrogen) atoms. The Morgan fingerprint density at radius 2 is 1.77 bits per heavy atom. The molecule has 2 aliphatic rings. The summed E-state index contributed by atoms with van der Waals surface area (Å²) >= 11 is 1.40. The first-order valence-corrected chi connectivity index (χ1v) is 10.9. The number of hydrogen-bond donors (Lipinski definition) is 0. The largest absolute Gasteiger partial charge is 0.344 e. The van der Waals surface area contributed by atoms with E-state index >= 15 is 0 Å². The van der Waals surface area contributed by atoms with Crippen LogP contribution in [0.3, 0.4) is 0 Å². The Balaban J connectivity index is 1.43. The van der Waals surface area contributed by atoms with E-state index < -0.39 is 10.0 Å². The van der Waals surface area contributed by atoms with Crippen molar-refractivity contribution >= 4 is 32.5 Å². The summed E-state index contributed by atoms with van der Waals surface area (Å²) in [7, 11) is -3.55. The molecule has 2 fully saturated rings. The van der Waals surface area contributed by atoms with Gasteiger partial charge in [0.15, 0.2) is 5.78 Å². The van der Waals surface area contributed by atoms with Gasteiger partial charge < -0.3 is 4.90 Å². The van der Waals surface area contributed by atoms with Crippen LogP contribution in [0.25, 0.3) is 0 Å². The van der Waals surface area contributed by atoms with Gasteiger partial charge in [0.2, 0.25) is 15.2 Å². The van der Waals surface area contributed by atoms with Gasteiger partial charge in [0.1, 0.15) is 5.82 Å². The highest BCUT2D eigenvalue weighted by Crippen LogP contribution is 2.39. The fraction of sp³-hybridized carbons (Fsp3) is 0.471. The van der Waals surface area contributed by atoms with E-state index in [1.165, 1.54) is 47.7 Å². The molecule has 1 saturated heterocycles. The highest BCUT2D eigenvalue weighted by atomic mass is 32.2. The second-order valence-electron chi connectivity index (χ2n) is 6.68. The topological polar surface area (TPSA) is 83.5 Å². The summed E-state index contributed by atoms with van der Waals surface area (Å²) in [6.07, 6.45) is 2.34. The molecule has 0 atom stereocenters. The maximum Gasteiger partial charge on any atom is 0.243 e. The number of carbonyl (C=O) groups is 1. The fourth-order valence-corrected chi connectivity index (χ4v) is 5.21. The number of nitrogens with zero attached hydrogens (tertiary/aromatic N) is 4. The van der Waals surface area contributed by atoms with Crippen LogP contribution in [0.2, 0.25) is 0 Å². The molecule has 1 aliphatic carbocycles. The zero-order valence-corrected chi connectivity index (χ0v) is 16.1. The third-order valence-electron chi connectivity index (χ3n) is 4.78. The summed E-state index contributed by atoms with van der Waals surface area (Å²) in [5, 5.41) is 0.884. The third-order valence-corrected chi connectivity index (χ3v) is 7.49. The van der Waals surface area contributed by atoms with Gasteiger partial charge in [0.05, 0.1) is 4.90 Å². The second kappa shape index (κ2) is 6.71. The van der Waals surface area contributed by atoms with Crippen molar-refractivity contribution in [2.45, 2.75) is 30.6 Å². The van der Waals surface area contributed by atoms with Crippen LogP contribution >= 0.6 is 11.5 Å². The van der Waals surface area contributed by atoms with Crippen molar-refractivity contribution < 1.29 is 13.2 Å². The second-order valence-corrected chi connectivity index (χ2v) is 9.35. The summed E-state index contributed by atoms with van der Waals surface area (Å²) in [6, 6.07) is 6.13. The molecule has 0 unspecified atom stereocenters. The van der Waals surface area contributed by atoms with Crippen LogP contribution in [0.5, 0.6) is 0 Å². The monoisotopic (exact) mass is 392 g/mol. The molecule has 138 valence electrons. The van der Waals surface area contributed by atoms with E-state index in [4.69, 9.17) is 0 Å². The average Bonchev–Trinajstić information content (AvgIpc) is 3.39. The first-order valence-electron chi connectivity index (χ1n) is 8.65. The summed E-state index contributed by atoms with van der Waals surface area (Å²) in [5.74, 6) is 1.38. The van der Waals surface area contributed by atoms with E-state index in [1.807, 2.05) is 0 Å². The lowest BCUT2D eigenvalue weighted by Gasteiger charge is -2.33. The maximum atomic E-state index is 12.8. The Morgan fingerprint density at radius 3 is 2.35 bits per heavy atom. The Bertz CT molecular complexity index is 912. The molecule has 0 N–H and O–H groups in total. The van der Waals surface area contributed by atoms with Gasteiger partial charge in [-0.15, -0.1) is 0 Å². The summed E-state index contributed by atoms with van der Waals surface area (Å²) in [6.45, 7) is 3.49. The maximum absolute atomic E-state index is 12.8. The van der Waals surface area contributed by atoms with E-state index in [2.05, 4.69) is 14.3 Å². The number of carbonyl (C=O) groups excluding carboxylic acids is 1. The molecule has 2 heterocycles. The Morgan fingerprint density at radius 1 is 1.12 bits per heavy atom. The molecule has 1 aromatic heterocycles. The quantitative estimate of drug-likeness (QED) is 0.725. The van der Waals surface area contributed by atoms with Crippen LogP contribution in [0, 0.1) is 0 Å². The van der Waals surface area contributed by atoms with Crippen molar-refractivity contribution in [1.82, 2.24) is 13.7 Å². The number of piperazine rings is 1. The molecule has 1 aromatic carbocycles. The van der Waals surface area contributed by atoms with Crippen LogP contribution in [-0.4, -0.2) is 54.0 Å². The van der Waals surface area contributed by atoms with Crippen molar-refractivity contribution in [1.29, 1.82) is 0 Å². The molecule has 9 heteroatoms. The Labute approximate surface area is 156 Å². The smallest absolute Gasteiger partial charge is 0.243 e. The first-order chi connectivity index (χ1) is 12.4. The van der Waals surface area contributed by atoms with Crippen LogP contribution in [0.1, 0.15) is 41.9 Å². The lowest BCUT2D eigenvalue weighted by Crippen LogP contribution is -2.48. The van der Waals surface area contributed by atoms with Crippen LogP contribution < -0.4 is 4.90 Å². The molecule has 0 bridgehead atoms. The minimum Gasteiger partial charge on any atom is -0.344 e. The molecule has 1 saturated carbocycles. The molecule has 0 radical (unpaired) electrons. The minimum absolute atomic E-state index is 0.0785. The number of hydrogen-bond acceptors (Lipinski definition) is 7. The van der Waals surface area contributed by atoms with Crippen molar-refractivity contribution in [3.05, 3.63) is 35.7 Å². The van der Waals surface area contributed by atoms with Gasteiger partial charge in [-0.3, -0.25) is 4.79 Å². The van der Waals surface area contributed by atoms with E-state index in [-0.39, 0.29) is 10.7 Å². The van der Waals surface area contributed by atoms with E-state index in [0.717, 1.165) is 11.0 Å². The van der Waals surface area contributed by atoms with E-state index in [9.17, 15) is 13.2 Å². The minimum atomic E-state index is -3.55. The number of Topliss-reactive ketones (excluding diaryl/α,β-unsaturated/α-hetero) is 1. The van der Waals surface area contributed by atoms with Crippen LogP contribution in [-0.2, 0) is 10.0 Å². The van der Waals surface area contributed by atoms with Gasteiger partial charge in [-0.1, -0.05) is 12.1 Å². The number of benzene rings is 1. The third kappa shape index (κ3) is 3.38. The molecule has 0 spiro atoms. The van der Waals surface area contributed by atoms with E-state index in [0.29, 0.717) is 37.7 Å². The van der Waals surface area contributed by atoms with Gasteiger partial charge in [0, 0.05) is 49.2 Å². The zero-order chi connectivity index (χ0) is 18.3. The van der Waals surface area contributed by atoms with Crippen LogP contribution in [0.4, 0.5) is 5.13 Å². The molecule has 0 amide bonds. The standard InChI is InChI=1S/C17H20N4O3S2/c1-12(22)13-4-6-15(7-5-13)26(23,24)21-10-8-20(9-11-21)17-18-16(19-25-17)14-2-3-14/h4-7,14H,2-3,8-11H2,1H3. The molecule has 4 rings (SSSR count). The lowest BCUT2D eigenvalue weighted by molar-refractivity contribution is 0.101. The van der Waals surface area contributed by atoms with E-state index in [1.54, 1.807) is 12.1 Å². The molecular weight excluding hydrogens is 372 g/mol. The molecule has 2 aromatic rings. The summed E-state index contributed by atoms with van der Waals surface area (Å²) < 4.78 is 31.5. The van der Waals surface area contributed by atoms with Gasteiger partial charge in [-0.2, -0.15) is 8.68 Å². The highest BCUT2D eigenvalue weighted by Gasteiger charge is 2.31. The predicted octanol–water partition coefficient (Wildman–Crippen LogP) is 2.13. The number of ketones is 1. The van der Waals surface area contributed by atoms with Crippen LogP contribution in [0.15, 0.2) is 29.2 Å². The average molecular weight is 393 g/mol. The summed E-state index contributed by atoms with van der Waals surface area (Å²) in [4.78, 5) is 18.3. The van der Waals surface area contributed by atoms with Crippen molar-refractivity contribution in [2.75, 3.05) is 31.1 Å². The normalized spacial score (nSPS) is 18.9. The molecule has 7 nitrogen and oxygen atoms in total. The zero-order valence-electron chi connectivity index (χ0n) is 14.5.